The van der Waals surface area contributed by atoms with Crippen LogP contribution in [0.1, 0.15) is 28.5 Å². The molecule has 1 heterocycles. The zero-order valence-electron chi connectivity index (χ0n) is 11.4. The van der Waals surface area contributed by atoms with Crippen molar-refractivity contribution in [3.05, 3.63) is 71.9 Å². The Morgan fingerprint density at radius 3 is 2.70 bits per heavy atom. The van der Waals surface area contributed by atoms with Gasteiger partial charge in [-0.3, -0.25) is 0 Å². The molecule has 0 radical (unpaired) electrons. The van der Waals surface area contributed by atoms with Gasteiger partial charge in [-0.15, -0.1) is 6.58 Å². The summed E-state index contributed by atoms with van der Waals surface area (Å²) in [5.74, 6) is 0. The molecule has 3 heteroatoms. The molecular formula is C17H16N2S. The second-order valence-electron chi connectivity index (χ2n) is 4.46. The Labute approximate surface area is 124 Å². The number of nitriles is 1. The molecule has 0 spiro atoms. The van der Waals surface area contributed by atoms with E-state index in [1.54, 1.807) is 11.8 Å². The van der Waals surface area contributed by atoms with E-state index in [4.69, 9.17) is 0 Å². The fourth-order valence-electron chi connectivity index (χ4n) is 1.91. The standard InChI is InChI=1S/C17H16N2S/c1-3-7-16(14-8-5-4-6-9-14)20-17-15(12-18)11-10-13(2)19-17/h3-6,8-11,16H,1,7H2,2H3/t16-/m1/s1. The number of thioether (sulfide) groups is 1. The Bertz CT molecular complexity index is 629. The number of aromatic nitrogens is 1. The Balaban J connectivity index is 2.32. The summed E-state index contributed by atoms with van der Waals surface area (Å²) >= 11 is 1.63. The highest BCUT2D eigenvalue weighted by Crippen LogP contribution is 2.38. The molecule has 2 aromatic rings. The van der Waals surface area contributed by atoms with Gasteiger partial charge in [-0.25, -0.2) is 4.98 Å². The highest BCUT2D eigenvalue weighted by Gasteiger charge is 2.15. The van der Waals surface area contributed by atoms with Gasteiger partial charge >= 0.3 is 0 Å². The van der Waals surface area contributed by atoms with Crippen LogP contribution >= 0.6 is 11.8 Å². The quantitative estimate of drug-likeness (QED) is 0.590. The average Bonchev–Trinajstić information content (AvgIpc) is 2.48. The van der Waals surface area contributed by atoms with E-state index in [0.29, 0.717) is 5.56 Å². The molecule has 0 aliphatic heterocycles. The van der Waals surface area contributed by atoms with Gasteiger partial charge in [0, 0.05) is 10.9 Å². The molecule has 20 heavy (non-hydrogen) atoms. The Morgan fingerprint density at radius 1 is 1.30 bits per heavy atom. The van der Waals surface area contributed by atoms with Crippen LogP contribution in [0.5, 0.6) is 0 Å². The zero-order chi connectivity index (χ0) is 14.4. The fourth-order valence-corrected chi connectivity index (χ4v) is 3.15. The van der Waals surface area contributed by atoms with Crippen LogP contribution in [-0.2, 0) is 0 Å². The molecule has 2 nitrogen and oxygen atoms in total. The maximum absolute atomic E-state index is 9.20. The molecule has 0 bridgehead atoms. The summed E-state index contributed by atoms with van der Waals surface area (Å²) in [5, 5.41) is 10.2. The number of benzene rings is 1. The summed E-state index contributed by atoms with van der Waals surface area (Å²) in [5.41, 5.74) is 2.78. The minimum atomic E-state index is 0.232. The van der Waals surface area contributed by atoms with Gasteiger partial charge in [-0.1, -0.05) is 48.2 Å². The summed E-state index contributed by atoms with van der Waals surface area (Å²) in [7, 11) is 0. The number of rotatable bonds is 5. The SMILES string of the molecule is C=CC[C@@H](Sc1nc(C)ccc1C#N)c1ccccc1. The molecule has 0 aliphatic rings. The van der Waals surface area contributed by atoms with Crippen LogP contribution in [0, 0.1) is 18.3 Å². The second kappa shape index (κ2) is 6.93. The largest absolute Gasteiger partial charge is 0.245 e. The van der Waals surface area contributed by atoms with Crippen LogP contribution < -0.4 is 0 Å². The second-order valence-corrected chi connectivity index (χ2v) is 5.65. The molecule has 0 saturated carbocycles. The van der Waals surface area contributed by atoms with Crippen molar-refractivity contribution in [2.45, 2.75) is 23.6 Å². The number of pyridine rings is 1. The summed E-state index contributed by atoms with van der Waals surface area (Å²) in [6, 6.07) is 16.2. The monoisotopic (exact) mass is 280 g/mol. The van der Waals surface area contributed by atoms with Crippen LogP contribution in [-0.4, -0.2) is 4.98 Å². The van der Waals surface area contributed by atoms with Crippen molar-refractivity contribution in [3.63, 3.8) is 0 Å². The first-order valence-corrected chi connectivity index (χ1v) is 7.33. The number of hydrogen-bond acceptors (Lipinski definition) is 3. The van der Waals surface area contributed by atoms with Gasteiger partial charge in [-0.05, 0) is 31.0 Å². The molecular weight excluding hydrogens is 264 g/mol. The molecule has 1 atom stereocenters. The minimum absolute atomic E-state index is 0.232. The third-order valence-electron chi connectivity index (χ3n) is 2.93. The Hall–Kier alpha value is -2.05. The van der Waals surface area contributed by atoms with E-state index in [-0.39, 0.29) is 5.25 Å². The smallest absolute Gasteiger partial charge is 0.115 e. The summed E-state index contributed by atoms with van der Waals surface area (Å²) in [4.78, 5) is 4.50. The van der Waals surface area contributed by atoms with Gasteiger partial charge in [0.25, 0.3) is 0 Å². The van der Waals surface area contributed by atoms with Crippen molar-refractivity contribution in [1.29, 1.82) is 5.26 Å². The van der Waals surface area contributed by atoms with Crippen LogP contribution in [0.25, 0.3) is 0 Å². The number of aryl methyl sites for hydroxylation is 1. The third-order valence-corrected chi connectivity index (χ3v) is 4.21. The van der Waals surface area contributed by atoms with Gasteiger partial charge in [0.2, 0.25) is 0 Å². The van der Waals surface area contributed by atoms with Crippen molar-refractivity contribution in [2.75, 3.05) is 0 Å². The van der Waals surface area contributed by atoms with E-state index in [1.807, 2.05) is 43.3 Å². The van der Waals surface area contributed by atoms with Crippen LogP contribution in [0.15, 0.2) is 60.1 Å². The third kappa shape index (κ3) is 3.49. The Morgan fingerprint density at radius 2 is 2.05 bits per heavy atom. The first-order valence-electron chi connectivity index (χ1n) is 6.45. The summed E-state index contributed by atoms with van der Waals surface area (Å²) in [6.07, 6.45) is 2.75. The molecule has 0 saturated heterocycles. The predicted molar refractivity (Wildman–Crippen MR) is 83.5 cm³/mol. The molecule has 0 fully saturated rings. The number of nitrogens with zero attached hydrogens (tertiary/aromatic N) is 2. The molecule has 0 amide bonds. The summed E-state index contributed by atoms with van der Waals surface area (Å²) in [6.45, 7) is 5.77. The van der Waals surface area contributed by atoms with Gasteiger partial charge in [0.15, 0.2) is 0 Å². The molecule has 1 aromatic heterocycles. The van der Waals surface area contributed by atoms with E-state index in [1.165, 1.54) is 5.56 Å². The van der Waals surface area contributed by atoms with E-state index in [9.17, 15) is 5.26 Å². The normalized spacial score (nSPS) is 11.6. The van der Waals surface area contributed by atoms with E-state index >= 15 is 0 Å². The van der Waals surface area contributed by atoms with E-state index in [2.05, 4.69) is 29.8 Å². The first kappa shape index (κ1) is 14.4. The fraction of sp³-hybridized carbons (Fsp3) is 0.176. The lowest BCUT2D eigenvalue weighted by Gasteiger charge is -2.15. The molecule has 0 aliphatic carbocycles. The molecule has 2 rings (SSSR count). The van der Waals surface area contributed by atoms with Crippen molar-refractivity contribution in [1.82, 2.24) is 4.98 Å². The van der Waals surface area contributed by atoms with Gasteiger partial charge < -0.3 is 0 Å². The lowest BCUT2D eigenvalue weighted by molar-refractivity contribution is 0.954. The lowest BCUT2D eigenvalue weighted by atomic mass is 10.1. The topological polar surface area (TPSA) is 36.7 Å². The van der Waals surface area contributed by atoms with E-state index < -0.39 is 0 Å². The Kier molecular flexibility index (Phi) is 4.97. The zero-order valence-corrected chi connectivity index (χ0v) is 12.2. The highest BCUT2D eigenvalue weighted by molar-refractivity contribution is 7.99. The maximum Gasteiger partial charge on any atom is 0.115 e. The average molecular weight is 280 g/mol. The van der Waals surface area contributed by atoms with Gasteiger partial charge in [0.05, 0.1) is 5.56 Å². The molecule has 1 aromatic carbocycles. The summed E-state index contributed by atoms with van der Waals surface area (Å²) < 4.78 is 0. The van der Waals surface area contributed by atoms with Crippen LogP contribution in [0.3, 0.4) is 0 Å². The van der Waals surface area contributed by atoms with Gasteiger partial charge in [-0.2, -0.15) is 5.26 Å². The molecule has 0 unspecified atom stereocenters. The van der Waals surface area contributed by atoms with Gasteiger partial charge in [0.1, 0.15) is 11.1 Å². The van der Waals surface area contributed by atoms with Crippen molar-refractivity contribution in [3.8, 4) is 6.07 Å². The number of hydrogen-bond donors (Lipinski definition) is 0. The van der Waals surface area contributed by atoms with E-state index in [0.717, 1.165) is 17.1 Å². The maximum atomic E-state index is 9.20. The van der Waals surface area contributed by atoms with Crippen molar-refractivity contribution < 1.29 is 0 Å². The van der Waals surface area contributed by atoms with Crippen LogP contribution in [0.2, 0.25) is 0 Å². The molecule has 100 valence electrons. The number of allylic oxidation sites excluding steroid dienone is 1. The lowest BCUT2D eigenvalue weighted by Crippen LogP contribution is -1.96. The highest BCUT2D eigenvalue weighted by atomic mass is 32.2. The van der Waals surface area contributed by atoms with Crippen molar-refractivity contribution in [2.24, 2.45) is 0 Å². The van der Waals surface area contributed by atoms with Crippen molar-refractivity contribution >= 4 is 11.8 Å². The predicted octanol–water partition coefficient (Wildman–Crippen LogP) is 4.67. The minimum Gasteiger partial charge on any atom is -0.245 e. The van der Waals surface area contributed by atoms with Crippen LogP contribution in [0.4, 0.5) is 0 Å². The first-order chi connectivity index (χ1) is 9.74. The molecule has 0 N–H and O–H groups in total.